The lowest BCUT2D eigenvalue weighted by Crippen LogP contribution is -2.14. The Morgan fingerprint density at radius 2 is 1.55 bits per heavy atom. The van der Waals surface area contributed by atoms with Gasteiger partial charge in [0.1, 0.15) is 5.58 Å². The van der Waals surface area contributed by atoms with Crippen LogP contribution < -0.4 is 0 Å². The van der Waals surface area contributed by atoms with E-state index in [1.54, 1.807) is 0 Å². The second-order valence-electron chi connectivity index (χ2n) is 10.8. The lowest BCUT2D eigenvalue weighted by atomic mass is 9.82. The normalized spacial score (nSPS) is 14.9. The molecule has 0 saturated carbocycles. The molecule has 0 bridgehead atoms. The van der Waals surface area contributed by atoms with Gasteiger partial charge in [0.2, 0.25) is 0 Å². The lowest BCUT2D eigenvalue weighted by molar-refractivity contribution is 0.657. The molecule has 0 amide bonds. The van der Waals surface area contributed by atoms with E-state index < -0.39 is 0 Å². The molecule has 3 nitrogen and oxygen atoms in total. The number of hydrogen-bond acceptors (Lipinski definition) is 2. The minimum Gasteiger partial charge on any atom is -0.453 e. The summed E-state index contributed by atoms with van der Waals surface area (Å²) in [6, 6.07) is 28.6. The van der Waals surface area contributed by atoms with Crippen LogP contribution in [0.25, 0.3) is 60.6 Å². The molecule has 0 saturated heterocycles. The largest absolute Gasteiger partial charge is 0.453 e. The van der Waals surface area contributed by atoms with E-state index in [1.165, 1.54) is 33.2 Å². The Hall–Kier alpha value is -4.15. The van der Waals surface area contributed by atoms with Crippen molar-refractivity contribution in [2.24, 2.45) is 0 Å². The highest BCUT2D eigenvalue weighted by Gasteiger charge is 2.36. The Labute approximate surface area is 223 Å². The van der Waals surface area contributed by atoms with Gasteiger partial charge in [0.25, 0.3) is 0 Å². The van der Waals surface area contributed by atoms with Crippen molar-refractivity contribution >= 4 is 60.1 Å². The average Bonchev–Trinajstić information content (AvgIpc) is 3.54. The van der Waals surface area contributed by atoms with E-state index in [0.717, 1.165) is 43.4 Å². The lowest BCUT2D eigenvalue weighted by Gasteiger charge is -2.21. The summed E-state index contributed by atoms with van der Waals surface area (Å²) in [7, 11) is -0.155. The number of nitrogens with zero attached hydrogens (tertiary/aromatic N) is 2. The highest BCUT2D eigenvalue weighted by atomic mass is 32.2. The first-order valence-corrected chi connectivity index (χ1v) is 14.7. The molecule has 0 radical (unpaired) electrons. The Bertz CT molecular complexity index is 2140. The van der Waals surface area contributed by atoms with E-state index in [-0.39, 0.29) is 15.9 Å². The molecule has 38 heavy (non-hydrogen) atoms. The molecule has 3 heterocycles. The molecule has 8 rings (SSSR count). The van der Waals surface area contributed by atoms with Gasteiger partial charge in [-0.1, -0.05) is 68.2 Å². The average molecular weight is 511 g/mol. The van der Waals surface area contributed by atoms with Crippen LogP contribution in [0.2, 0.25) is 0 Å². The Balaban J connectivity index is 1.52. The summed E-state index contributed by atoms with van der Waals surface area (Å²) < 4.78 is 9.08. The van der Waals surface area contributed by atoms with E-state index in [4.69, 9.17) is 4.42 Å². The van der Waals surface area contributed by atoms with E-state index in [2.05, 4.69) is 114 Å². The van der Waals surface area contributed by atoms with Crippen molar-refractivity contribution in [3.05, 3.63) is 102 Å². The van der Waals surface area contributed by atoms with E-state index in [9.17, 15) is 0 Å². The Morgan fingerprint density at radius 1 is 0.763 bits per heavy atom. The van der Waals surface area contributed by atoms with Crippen molar-refractivity contribution in [2.75, 3.05) is 6.26 Å². The molecule has 0 N–H and O–H groups in total. The van der Waals surface area contributed by atoms with E-state index >= 15 is 0 Å². The second kappa shape index (κ2) is 7.46. The van der Waals surface area contributed by atoms with Crippen LogP contribution >= 0.6 is 10.5 Å². The van der Waals surface area contributed by atoms with Crippen molar-refractivity contribution in [1.29, 1.82) is 0 Å². The van der Waals surface area contributed by atoms with Gasteiger partial charge in [-0.2, -0.15) is 10.5 Å². The van der Waals surface area contributed by atoms with Crippen molar-refractivity contribution in [2.45, 2.75) is 24.2 Å². The number of benzene rings is 4. The fraction of sp³-hybridized carbons (Fsp3) is 0.118. The van der Waals surface area contributed by atoms with Crippen molar-refractivity contribution in [3.8, 4) is 16.8 Å². The molecule has 0 fully saturated rings. The van der Waals surface area contributed by atoms with Gasteiger partial charge in [0, 0.05) is 44.2 Å². The fourth-order valence-corrected chi connectivity index (χ4v) is 7.32. The predicted octanol–water partition coefficient (Wildman–Crippen LogP) is 9.07. The number of rotatable bonds is 2. The van der Waals surface area contributed by atoms with Gasteiger partial charge in [-0.25, -0.2) is 0 Å². The first-order chi connectivity index (χ1) is 18.4. The van der Waals surface area contributed by atoms with Crippen LogP contribution in [-0.4, -0.2) is 21.7 Å². The topological polar surface area (TPSA) is 31.0 Å². The number of fused-ring (bicyclic) bond motifs is 9. The molecule has 184 valence electrons. The Kier molecular flexibility index (Phi) is 4.30. The van der Waals surface area contributed by atoms with Gasteiger partial charge in [0.05, 0.1) is 16.7 Å². The van der Waals surface area contributed by atoms with Crippen LogP contribution in [0.5, 0.6) is 0 Å². The third-order valence-corrected chi connectivity index (χ3v) is 9.43. The minimum atomic E-state index is -0.155. The molecule has 7 aromatic rings. The summed E-state index contributed by atoms with van der Waals surface area (Å²) in [6.45, 7) is 4.67. The monoisotopic (exact) mass is 510 g/mol. The molecule has 0 spiro atoms. The molecule has 1 aliphatic carbocycles. The summed E-state index contributed by atoms with van der Waals surface area (Å²) in [5.41, 5.74) is 10.5. The van der Waals surface area contributed by atoms with Crippen LogP contribution in [0.4, 0.5) is 0 Å². The summed E-state index contributed by atoms with van der Waals surface area (Å²) in [5.74, 6) is 4.30. The zero-order chi connectivity index (χ0) is 25.8. The molecule has 4 heteroatoms. The summed E-state index contributed by atoms with van der Waals surface area (Å²) in [6.07, 6.45) is 6.02. The van der Waals surface area contributed by atoms with Gasteiger partial charge < -0.3 is 8.98 Å². The van der Waals surface area contributed by atoms with Gasteiger partial charge in [-0.15, -0.1) is 0 Å². The molecule has 3 aromatic heterocycles. The first-order valence-electron chi connectivity index (χ1n) is 12.9. The second-order valence-corrected chi connectivity index (χ2v) is 12.6. The molecule has 1 atom stereocenters. The van der Waals surface area contributed by atoms with Gasteiger partial charge in [-0.05, 0) is 58.8 Å². The molecule has 1 aliphatic rings. The number of hydrogen-bond donors (Lipinski definition) is 0. The zero-order valence-corrected chi connectivity index (χ0v) is 22.4. The van der Waals surface area contributed by atoms with Gasteiger partial charge in [0.15, 0.2) is 5.58 Å². The highest BCUT2D eigenvalue weighted by Crippen LogP contribution is 2.51. The maximum absolute atomic E-state index is 6.71. The molecule has 0 aliphatic heterocycles. The van der Waals surface area contributed by atoms with E-state index in [1.807, 2.05) is 12.4 Å². The van der Waals surface area contributed by atoms with Crippen LogP contribution in [0.1, 0.15) is 25.0 Å². The SMILES string of the molecule is C=S(C)c1cccc2c1oc1c(-n3c4ccncc4c4cc5c(cc43)C(C)(C)c3ccccc3-5)cccc12. The van der Waals surface area contributed by atoms with Crippen LogP contribution in [0.3, 0.4) is 0 Å². The maximum Gasteiger partial charge on any atom is 0.159 e. The third kappa shape index (κ3) is 2.71. The van der Waals surface area contributed by atoms with Crippen LogP contribution in [0.15, 0.2) is 101 Å². The molecule has 1 unspecified atom stereocenters. The highest BCUT2D eigenvalue weighted by molar-refractivity contribution is 8.13. The standard InChI is InChI=1S/C34H26N2OS/c1-34(2)26-12-6-5-9-20(26)23-17-24-25-19-35-16-15-28(25)36(30(24)18-27(23)34)29-13-7-10-21-22-11-8-14-31(38(3)4)33(22)37-32(21)29/h5-19H,3H2,1-2,4H3. The van der Waals surface area contributed by atoms with Crippen molar-refractivity contribution in [3.63, 3.8) is 0 Å². The van der Waals surface area contributed by atoms with E-state index in [0.29, 0.717) is 0 Å². The number of furan rings is 1. The van der Waals surface area contributed by atoms with Gasteiger partial charge in [-0.3, -0.25) is 4.98 Å². The first kappa shape index (κ1) is 21.9. The quantitative estimate of drug-likeness (QED) is 0.217. The summed E-state index contributed by atoms with van der Waals surface area (Å²) in [5, 5.41) is 4.63. The smallest absolute Gasteiger partial charge is 0.159 e. The van der Waals surface area contributed by atoms with Crippen LogP contribution in [0, 0.1) is 0 Å². The fourth-order valence-electron chi connectivity index (χ4n) is 6.55. The summed E-state index contributed by atoms with van der Waals surface area (Å²) >= 11 is 0. The number of aromatic nitrogens is 2. The zero-order valence-electron chi connectivity index (χ0n) is 21.6. The van der Waals surface area contributed by atoms with Gasteiger partial charge >= 0.3 is 0 Å². The molecular weight excluding hydrogens is 484 g/mol. The third-order valence-electron chi connectivity index (χ3n) is 8.35. The Morgan fingerprint density at radius 3 is 2.39 bits per heavy atom. The van der Waals surface area contributed by atoms with Crippen molar-refractivity contribution in [1.82, 2.24) is 9.55 Å². The maximum atomic E-state index is 6.71. The number of pyridine rings is 1. The summed E-state index contributed by atoms with van der Waals surface area (Å²) in [4.78, 5) is 5.68. The molecule has 4 aromatic carbocycles. The molecular formula is C34H26N2OS. The minimum absolute atomic E-state index is 0.0783. The van der Waals surface area contributed by atoms with Crippen LogP contribution in [-0.2, 0) is 5.41 Å². The van der Waals surface area contributed by atoms with Crippen molar-refractivity contribution < 1.29 is 4.42 Å². The number of para-hydroxylation sites is 2. The predicted molar refractivity (Wildman–Crippen MR) is 162 cm³/mol.